The number of aromatic nitrogens is 2. The molecule has 114 valence electrons. The summed E-state index contributed by atoms with van der Waals surface area (Å²) in [6, 6.07) is 9.19. The molecule has 0 radical (unpaired) electrons. The van der Waals surface area contributed by atoms with Crippen molar-refractivity contribution < 1.29 is 0 Å². The van der Waals surface area contributed by atoms with Gasteiger partial charge in [0, 0.05) is 24.3 Å². The van der Waals surface area contributed by atoms with Crippen molar-refractivity contribution in [3.8, 4) is 11.1 Å². The summed E-state index contributed by atoms with van der Waals surface area (Å²) in [7, 11) is 0. The Hall–Kier alpha value is -1.61. The minimum Gasteiger partial charge on any atom is -0.310 e. The monoisotopic (exact) mass is 285 g/mol. The van der Waals surface area contributed by atoms with Crippen LogP contribution >= 0.6 is 0 Å². The van der Waals surface area contributed by atoms with Crippen LogP contribution in [0.4, 0.5) is 0 Å². The van der Waals surface area contributed by atoms with Crippen LogP contribution in [0.3, 0.4) is 0 Å². The molecule has 0 saturated carbocycles. The molecule has 1 heterocycles. The molecule has 0 aliphatic rings. The zero-order chi connectivity index (χ0) is 15.2. The summed E-state index contributed by atoms with van der Waals surface area (Å²) in [6.07, 6.45) is 4.44. The van der Waals surface area contributed by atoms with Crippen molar-refractivity contribution in [1.82, 2.24) is 15.1 Å². The summed E-state index contributed by atoms with van der Waals surface area (Å²) in [5.74, 6) is 0. The Morgan fingerprint density at radius 2 is 2.05 bits per heavy atom. The summed E-state index contributed by atoms with van der Waals surface area (Å²) in [5, 5.41) is 8.15. The van der Waals surface area contributed by atoms with Crippen LogP contribution < -0.4 is 5.32 Å². The fourth-order valence-electron chi connectivity index (χ4n) is 2.60. The molecule has 2 rings (SSSR count). The van der Waals surface area contributed by atoms with Crippen LogP contribution in [-0.4, -0.2) is 16.3 Å². The van der Waals surface area contributed by atoms with E-state index in [1.807, 2.05) is 0 Å². The molecular weight excluding hydrogens is 258 g/mol. The first-order valence-corrected chi connectivity index (χ1v) is 8.03. The zero-order valence-corrected chi connectivity index (χ0v) is 13.7. The van der Waals surface area contributed by atoms with E-state index in [0.29, 0.717) is 6.04 Å². The molecule has 0 saturated heterocycles. The van der Waals surface area contributed by atoms with Crippen molar-refractivity contribution in [2.45, 2.75) is 53.1 Å². The number of nitrogens with zero attached hydrogens (tertiary/aromatic N) is 2. The van der Waals surface area contributed by atoms with Gasteiger partial charge in [-0.25, -0.2) is 0 Å². The summed E-state index contributed by atoms with van der Waals surface area (Å²) >= 11 is 0. The predicted molar refractivity (Wildman–Crippen MR) is 89.4 cm³/mol. The van der Waals surface area contributed by atoms with Crippen LogP contribution in [-0.2, 0) is 6.54 Å². The fourth-order valence-corrected chi connectivity index (χ4v) is 2.60. The minimum atomic E-state index is 0.385. The van der Waals surface area contributed by atoms with Crippen molar-refractivity contribution >= 4 is 0 Å². The zero-order valence-electron chi connectivity index (χ0n) is 13.7. The maximum Gasteiger partial charge on any atom is 0.0672 e. The lowest BCUT2D eigenvalue weighted by molar-refractivity contribution is 0.571. The van der Waals surface area contributed by atoms with E-state index in [2.05, 4.69) is 73.3 Å². The van der Waals surface area contributed by atoms with Crippen LogP contribution in [0.15, 0.2) is 30.5 Å². The van der Waals surface area contributed by atoms with Gasteiger partial charge in [0.05, 0.1) is 5.69 Å². The van der Waals surface area contributed by atoms with Gasteiger partial charge >= 0.3 is 0 Å². The predicted octanol–water partition coefficient (Wildman–Crippen LogP) is 4.33. The van der Waals surface area contributed by atoms with E-state index in [0.717, 1.165) is 31.6 Å². The van der Waals surface area contributed by atoms with Gasteiger partial charge in [0.25, 0.3) is 0 Å². The second kappa shape index (κ2) is 7.41. The molecule has 3 nitrogen and oxygen atoms in total. The van der Waals surface area contributed by atoms with E-state index >= 15 is 0 Å². The highest BCUT2D eigenvalue weighted by Gasteiger charge is 2.10. The number of rotatable bonds is 7. The summed E-state index contributed by atoms with van der Waals surface area (Å²) in [5.41, 5.74) is 4.95. The molecule has 1 atom stereocenters. The molecule has 0 aliphatic heterocycles. The van der Waals surface area contributed by atoms with Gasteiger partial charge in [0.1, 0.15) is 0 Å². The number of nitrogens with one attached hydrogen (secondary N) is 1. The molecule has 1 unspecified atom stereocenters. The second-order valence-corrected chi connectivity index (χ2v) is 5.69. The maximum atomic E-state index is 4.60. The number of hydrogen-bond donors (Lipinski definition) is 1. The van der Waals surface area contributed by atoms with Gasteiger partial charge in [-0.3, -0.25) is 4.68 Å². The molecule has 0 aliphatic carbocycles. The van der Waals surface area contributed by atoms with E-state index in [1.165, 1.54) is 16.7 Å². The fraction of sp³-hybridized carbons (Fsp3) is 0.500. The first kappa shape index (κ1) is 15.8. The summed E-state index contributed by atoms with van der Waals surface area (Å²) in [6.45, 7) is 10.7. The van der Waals surface area contributed by atoms with E-state index in [-0.39, 0.29) is 0 Å². The van der Waals surface area contributed by atoms with Gasteiger partial charge in [0.15, 0.2) is 0 Å². The molecule has 2 aromatic rings. The third-order valence-electron chi connectivity index (χ3n) is 3.80. The van der Waals surface area contributed by atoms with Crippen LogP contribution in [0.25, 0.3) is 11.1 Å². The van der Waals surface area contributed by atoms with Crippen LogP contribution in [0.1, 0.15) is 50.9 Å². The Morgan fingerprint density at radius 1 is 1.24 bits per heavy atom. The average molecular weight is 285 g/mol. The van der Waals surface area contributed by atoms with Crippen LogP contribution in [0, 0.1) is 6.92 Å². The maximum absolute atomic E-state index is 4.60. The largest absolute Gasteiger partial charge is 0.310 e. The third kappa shape index (κ3) is 3.94. The third-order valence-corrected chi connectivity index (χ3v) is 3.80. The first-order chi connectivity index (χ1) is 10.2. The van der Waals surface area contributed by atoms with Gasteiger partial charge in [-0.05, 0) is 50.4 Å². The summed E-state index contributed by atoms with van der Waals surface area (Å²) in [4.78, 5) is 0. The van der Waals surface area contributed by atoms with Gasteiger partial charge < -0.3 is 5.32 Å². The lowest BCUT2D eigenvalue weighted by atomic mass is 10.0. The molecule has 1 aromatic heterocycles. The first-order valence-electron chi connectivity index (χ1n) is 8.03. The average Bonchev–Trinajstić information content (AvgIpc) is 2.86. The number of benzene rings is 1. The van der Waals surface area contributed by atoms with Crippen molar-refractivity contribution in [1.29, 1.82) is 0 Å². The van der Waals surface area contributed by atoms with Crippen molar-refractivity contribution in [2.24, 2.45) is 0 Å². The number of hydrogen-bond acceptors (Lipinski definition) is 2. The van der Waals surface area contributed by atoms with Crippen molar-refractivity contribution in [3.63, 3.8) is 0 Å². The Morgan fingerprint density at radius 3 is 2.76 bits per heavy atom. The lowest BCUT2D eigenvalue weighted by Gasteiger charge is -2.14. The molecule has 21 heavy (non-hydrogen) atoms. The molecule has 0 bridgehead atoms. The molecular formula is C18H27N3. The Kier molecular flexibility index (Phi) is 5.57. The van der Waals surface area contributed by atoms with Crippen molar-refractivity contribution in [2.75, 3.05) is 6.54 Å². The smallest absolute Gasteiger partial charge is 0.0672 e. The number of aryl methyl sites for hydroxylation is 2. The van der Waals surface area contributed by atoms with Gasteiger partial charge in [-0.2, -0.15) is 5.10 Å². The minimum absolute atomic E-state index is 0.385. The highest BCUT2D eigenvalue weighted by Crippen LogP contribution is 2.25. The Balaban J connectivity index is 2.24. The molecule has 0 amide bonds. The molecule has 3 heteroatoms. The van der Waals surface area contributed by atoms with Crippen LogP contribution in [0.5, 0.6) is 0 Å². The van der Waals surface area contributed by atoms with E-state index in [9.17, 15) is 0 Å². The van der Waals surface area contributed by atoms with E-state index in [1.54, 1.807) is 0 Å². The highest BCUT2D eigenvalue weighted by molar-refractivity contribution is 5.65. The molecule has 0 fully saturated rings. The van der Waals surface area contributed by atoms with Crippen LogP contribution in [0.2, 0.25) is 0 Å². The highest BCUT2D eigenvalue weighted by atomic mass is 15.3. The SMILES string of the molecule is CCCNC(C)c1cccc(-c2cn(CCC)nc2C)c1. The van der Waals surface area contributed by atoms with E-state index < -0.39 is 0 Å². The van der Waals surface area contributed by atoms with Gasteiger partial charge in [-0.15, -0.1) is 0 Å². The molecule has 1 N–H and O–H groups in total. The molecule has 0 spiro atoms. The Bertz CT molecular complexity index is 572. The van der Waals surface area contributed by atoms with Gasteiger partial charge in [-0.1, -0.05) is 32.0 Å². The summed E-state index contributed by atoms with van der Waals surface area (Å²) < 4.78 is 2.05. The lowest BCUT2D eigenvalue weighted by Crippen LogP contribution is -2.19. The quantitative estimate of drug-likeness (QED) is 0.820. The topological polar surface area (TPSA) is 29.9 Å². The van der Waals surface area contributed by atoms with Gasteiger partial charge in [0.2, 0.25) is 0 Å². The Labute approximate surface area is 128 Å². The van der Waals surface area contributed by atoms with Crippen molar-refractivity contribution in [3.05, 3.63) is 41.7 Å². The second-order valence-electron chi connectivity index (χ2n) is 5.69. The standard InChI is InChI=1S/C18H27N3/c1-5-10-19-14(3)16-8-7-9-17(12-16)18-13-21(11-6-2)20-15(18)4/h7-9,12-14,19H,5-6,10-11H2,1-4H3. The normalized spacial score (nSPS) is 12.6. The van der Waals surface area contributed by atoms with E-state index in [4.69, 9.17) is 0 Å². The molecule has 1 aromatic carbocycles.